The Morgan fingerprint density at radius 3 is 1.93 bits per heavy atom. The molecule has 0 radical (unpaired) electrons. The summed E-state index contributed by atoms with van der Waals surface area (Å²) in [4.78, 5) is 37.1. The molecule has 0 amide bonds. The molecule has 16 nitrogen and oxygen atoms in total. The van der Waals surface area contributed by atoms with Gasteiger partial charge in [0, 0.05) is 18.6 Å². The molecule has 2 aromatic heterocycles. The Morgan fingerprint density at radius 1 is 0.776 bits per heavy atom. The van der Waals surface area contributed by atoms with Gasteiger partial charge >= 0.3 is 19.5 Å². The van der Waals surface area contributed by atoms with Crippen molar-refractivity contribution in [3.05, 3.63) is 72.6 Å². The number of hydrogen-bond acceptors (Lipinski definition) is 14. The van der Waals surface area contributed by atoms with Gasteiger partial charge in [-0.3, -0.25) is 14.2 Å². The van der Waals surface area contributed by atoms with E-state index in [1.54, 1.807) is 30.6 Å². The topological polar surface area (TPSA) is 234 Å². The molecule has 1 aliphatic carbocycles. The van der Waals surface area contributed by atoms with E-state index in [1.807, 2.05) is 49.6 Å². The Bertz CT molecular complexity index is 1990. The number of imidazole rings is 1. The highest BCUT2D eigenvalue weighted by molar-refractivity contribution is 7.57. The molecule has 5 rings (SSSR count). The van der Waals surface area contributed by atoms with Gasteiger partial charge in [-0.2, -0.15) is 9.97 Å². The fourth-order valence-electron chi connectivity index (χ4n) is 6.75. The van der Waals surface area contributed by atoms with Crippen LogP contribution in [-0.2, 0) is 41.3 Å². The Labute approximate surface area is 400 Å². The van der Waals surface area contributed by atoms with Gasteiger partial charge in [0.05, 0.1) is 26.1 Å². The zero-order valence-corrected chi connectivity index (χ0v) is 41.9. The van der Waals surface area contributed by atoms with Gasteiger partial charge in [0.2, 0.25) is 5.95 Å². The van der Waals surface area contributed by atoms with Crippen LogP contribution in [0.25, 0.3) is 11.2 Å². The van der Waals surface area contributed by atoms with Crippen molar-refractivity contribution >= 4 is 42.4 Å². The van der Waals surface area contributed by atoms with Crippen molar-refractivity contribution in [2.75, 3.05) is 37.2 Å². The fraction of sp³-hybridized carbons (Fsp3) is 0.620. The van der Waals surface area contributed by atoms with Gasteiger partial charge in [0.25, 0.3) is 0 Å². The smallest absolute Gasteiger partial charge is 0.342 e. The molecule has 17 heteroatoms. The number of anilines is 2. The molecule has 2 heterocycles. The van der Waals surface area contributed by atoms with Crippen LogP contribution in [0.4, 0.5) is 11.8 Å². The van der Waals surface area contributed by atoms with Gasteiger partial charge in [0.15, 0.2) is 17.0 Å². The highest BCUT2D eigenvalue weighted by Gasteiger charge is 2.32. The van der Waals surface area contributed by atoms with Crippen molar-refractivity contribution in [2.24, 2.45) is 11.5 Å². The summed E-state index contributed by atoms with van der Waals surface area (Å²) in [5.74, 6) is 0.494. The van der Waals surface area contributed by atoms with Gasteiger partial charge in [0.1, 0.15) is 24.2 Å². The molecule has 0 saturated heterocycles. The number of fused-ring (bicyclic) bond motifs is 1. The van der Waals surface area contributed by atoms with E-state index >= 15 is 0 Å². The van der Waals surface area contributed by atoms with Crippen molar-refractivity contribution in [3.63, 3.8) is 0 Å². The maximum Gasteiger partial charge on any atom is 0.342 e. The van der Waals surface area contributed by atoms with Crippen LogP contribution in [0.2, 0.25) is 0 Å². The Kier molecular flexibility index (Phi) is 27.9. The van der Waals surface area contributed by atoms with E-state index in [0.717, 1.165) is 51.4 Å². The third-order valence-corrected chi connectivity index (χ3v) is 12.5. The number of carbonyl (C=O) groups excluding carboxylic acids is 2. The first kappa shape index (κ1) is 56.7. The van der Waals surface area contributed by atoms with Crippen molar-refractivity contribution in [2.45, 2.75) is 174 Å². The molecule has 4 aromatic rings. The van der Waals surface area contributed by atoms with Gasteiger partial charge < -0.3 is 45.8 Å². The van der Waals surface area contributed by atoms with Crippen molar-refractivity contribution in [1.82, 2.24) is 24.6 Å². The molecule has 67 heavy (non-hydrogen) atoms. The number of aromatic nitrogens is 4. The zero-order valence-electron chi connectivity index (χ0n) is 41.0. The number of nitrogens with two attached hydrogens (primary N) is 3. The lowest BCUT2D eigenvalue weighted by atomic mass is 10.1. The number of ether oxygens (including phenoxy) is 3. The predicted molar refractivity (Wildman–Crippen MR) is 270 cm³/mol. The number of benzene rings is 2. The van der Waals surface area contributed by atoms with Gasteiger partial charge in [-0.05, 0) is 69.6 Å². The monoisotopic (exact) mass is 952 g/mol. The van der Waals surface area contributed by atoms with Crippen LogP contribution in [0.1, 0.15) is 143 Å². The predicted octanol–water partition coefficient (Wildman–Crippen LogP) is 9.70. The third kappa shape index (κ3) is 23.8. The lowest BCUT2D eigenvalue weighted by Crippen LogP contribution is -2.37. The SMILES string of the molecule is CCCCCCCCOC(=O)[C@@H](N)CC.CCCCCCCCOC(=O)[C@H](CC)NP(=O)(COCCn1cnc2c(NC3CC3)nc(N)nc21)Oc1ccccc1.C[C@@H](N)Cc1ccccc1. The van der Waals surface area contributed by atoms with Crippen LogP contribution in [-0.4, -0.2) is 81.8 Å². The van der Waals surface area contributed by atoms with E-state index < -0.39 is 25.6 Å². The summed E-state index contributed by atoms with van der Waals surface area (Å²) in [7, 11) is -3.66. The molecule has 8 N–H and O–H groups in total. The molecule has 0 bridgehead atoms. The van der Waals surface area contributed by atoms with Crippen molar-refractivity contribution in [3.8, 4) is 5.75 Å². The minimum absolute atomic E-state index is 0.160. The number of nitrogen functional groups attached to an aromatic ring is 1. The second-order valence-electron chi connectivity index (χ2n) is 17.2. The van der Waals surface area contributed by atoms with E-state index in [9.17, 15) is 14.2 Å². The molecule has 0 aliphatic heterocycles. The Balaban J connectivity index is 0.000000387. The van der Waals surface area contributed by atoms with E-state index in [2.05, 4.69) is 51.3 Å². The third-order valence-electron chi connectivity index (χ3n) is 10.8. The van der Waals surface area contributed by atoms with Crippen molar-refractivity contribution < 1.29 is 32.9 Å². The van der Waals surface area contributed by atoms with E-state index in [0.29, 0.717) is 61.4 Å². The molecule has 1 aliphatic rings. The minimum atomic E-state index is -3.66. The molecule has 1 unspecified atom stereocenters. The summed E-state index contributed by atoms with van der Waals surface area (Å²) in [5.41, 5.74) is 19.6. The molecule has 2 aromatic carbocycles. The molecule has 4 atom stereocenters. The van der Waals surface area contributed by atoms with E-state index in [4.69, 9.17) is 35.9 Å². The highest BCUT2D eigenvalue weighted by atomic mass is 31.2. The first-order chi connectivity index (χ1) is 32.4. The molecule has 1 saturated carbocycles. The molecule has 0 spiro atoms. The highest BCUT2D eigenvalue weighted by Crippen LogP contribution is 2.44. The number of rotatable bonds is 31. The average Bonchev–Trinajstić information content (AvgIpc) is 4.05. The summed E-state index contributed by atoms with van der Waals surface area (Å²) in [5, 5.41) is 6.27. The first-order valence-corrected chi connectivity index (χ1v) is 26.5. The molecule has 374 valence electrons. The van der Waals surface area contributed by atoms with Crippen LogP contribution in [0.5, 0.6) is 5.75 Å². The Morgan fingerprint density at radius 2 is 1.36 bits per heavy atom. The largest absolute Gasteiger partial charge is 0.465 e. The molecule has 1 fully saturated rings. The maximum absolute atomic E-state index is 14.0. The van der Waals surface area contributed by atoms with Crippen LogP contribution < -0.4 is 32.1 Å². The van der Waals surface area contributed by atoms with Crippen LogP contribution in [0.3, 0.4) is 0 Å². The zero-order chi connectivity index (χ0) is 48.7. The standard InChI is InChI=1S/C29H44N7O5P.C12H25NO2.C9H13N/c1-3-5-6-7-8-12-18-40-28(37)24(4-2)35-42(38,41-23-13-10-9-11-14-23)21-39-19-17-36-20-31-25-26(32-22-15-16-22)33-29(30)34-27(25)36;1-3-5-6-7-8-9-10-15-12(14)11(13)4-2;1-8(10)7-9-5-3-2-4-6-9/h9-11,13-14,20,22,24H,3-8,12,15-19,21H2,1-2H3,(H,35,38)(H3,30,32,33,34);11H,3-10,13H2,1-2H3;2-6,8H,7,10H2,1H3/t24-,42?;11-;8-/m001/s1. The van der Waals surface area contributed by atoms with E-state index in [-0.39, 0.29) is 30.9 Å². The number of unbranched alkanes of at least 4 members (excludes halogenated alkanes) is 10. The number of para-hydroxylation sites is 1. The van der Waals surface area contributed by atoms with E-state index in [1.165, 1.54) is 50.5 Å². The number of nitrogens with one attached hydrogen (secondary N) is 2. The quantitative estimate of drug-likeness (QED) is 0.0179. The summed E-state index contributed by atoms with van der Waals surface area (Å²) in [6.07, 6.45) is 19.4. The lowest BCUT2D eigenvalue weighted by Gasteiger charge is -2.25. The molecular formula is C50H82N9O7P. The first-order valence-electron chi connectivity index (χ1n) is 24.7. The summed E-state index contributed by atoms with van der Waals surface area (Å²) in [6, 6.07) is 18.6. The average molecular weight is 952 g/mol. The maximum atomic E-state index is 14.0. The summed E-state index contributed by atoms with van der Waals surface area (Å²) in [6.45, 7) is 11.6. The number of nitrogens with zero attached hydrogens (tertiary/aromatic N) is 4. The fourth-order valence-corrected chi connectivity index (χ4v) is 8.53. The van der Waals surface area contributed by atoms with Crippen LogP contribution >= 0.6 is 7.52 Å². The number of carbonyl (C=O) groups is 2. The van der Waals surface area contributed by atoms with Crippen LogP contribution in [0.15, 0.2) is 67.0 Å². The summed E-state index contributed by atoms with van der Waals surface area (Å²) >= 11 is 0. The number of hydrogen-bond donors (Lipinski definition) is 5. The van der Waals surface area contributed by atoms with Gasteiger partial charge in [-0.25, -0.2) is 10.1 Å². The Hall–Kier alpha value is -4.60. The normalized spacial score (nSPS) is 14.3. The van der Waals surface area contributed by atoms with Gasteiger partial charge in [-0.15, -0.1) is 0 Å². The van der Waals surface area contributed by atoms with Gasteiger partial charge in [-0.1, -0.05) is 140 Å². The van der Waals surface area contributed by atoms with Crippen molar-refractivity contribution in [1.29, 1.82) is 0 Å². The second-order valence-corrected chi connectivity index (χ2v) is 19.3. The molecular weight excluding hydrogens is 870 g/mol. The minimum Gasteiger partial charge on any atom is -0.465 e. The van der Waals surface area contributed by atoms with Crippen LogP contribution in [0, 0.1) is 0 Å². The second kappa shape index (κ2) is 33.0. The number of esters is 2. The summed E-state index contributed by atoms with van der Waals surface area (Å²) < 4.78 is 38.1. The lowest BCUT2D eigenvalue weighted by molar-refractivity contribution is -0.146.